The summed E-state index contributed by atoms with van der Waals surface area (Å²) in [5.41, 5.74) is 8.75. The number of allylic oxidation sites excluding steroid dienone is 1. The first-order valence-corrected chi connectivity index (χ1v) is 51.1. The molecule has 4 fully saturated rings. The highest BCUT2D eigenvalue weighted by Gasteiger charge is 2.32. The topological polar surface area (TPSA) is 267 Å². The van der Waals surface area contributed by atoms with E-state index in [1.807, 2.05) is 100 Å². The average molecular weight is 1730 g/mol. The summed E-state index contributed by atoms with van der Waals surface area (Å²) in [6.07, 6.45) is 19.0. The van der Waals surface area contributed by atoms with E-state index < -0.39 is 36.5 Å². The van der Waals surface area contributed by atoms with Crippen molar-refractivity contribution < 1.29 is 36.3 Å². The van der Waals surface area contributed by atoms with E-state index in [0.29, 0.717) is 70.4 Å². The number of likely N-dealkylation sites (tertiary alicyclic amines) is 1. The molecule has 4 saturated heterocycles. The minimum atomic E-state index is -3.54. The lowest BCUT2D eigenvalue weighted by Crippen LogP contribution is -2.52. The van der Waals surface area contributed by atoms with Crippen LogP contribution in [0, 0.1) is 0 Å². The molecule has 0 bridgehead atoms. The highest BCUT2D eigenvalue weighted by atomic mass is 35.5. The van der Waals surface area contributed by atoms with Gasteiger partial charge in [0, 0.05) is 140 Å². The number of methoxy groups -OCH3 is 2. The molecule has 0 amide bonds. The predicted molar refractivity (Wildman–Crippen MR) is 494 cm³/mol. The number of hydrogen-bond acceptors (Lipinski definition) is 24. The number of sulfone groups is 1. The number of anilines is 12. The van der Waals surface area contributed by atoms with Crippen molar-refractivity contribution >= 4 is 146 Å². The van der Waals surface area contributed by atoms with Crippen molar-refractivity contribution in [2.45, 2.75) is 134 Å². The molecule has 7 heterocycles. The van der Waals surface area contributed by atoms with Gasteiger partial charge in [-0.25, -0.2) is 28.4 Å². The van der Waals surface area contributed by atoms with Gasteiger partial charge in [-0.1, -0.05) is 91.7 Å². The van der Waals surface area contributed by atoms with Crippen molar-refractivity contribution in [3.8, 4) is 17.2 Å². The Morgan fingerprint density at radius 2 is 1.02 bits per heavy atom. The number of hydrogen-bond donors (Lipinski definition) is 5. The van der Waals surface area contributed by atoms with Crippen molar-refractivity contribution in [3.05, 3.63) is 179 Å². The fraction of sp³-hybridized carbons (Fsp3) is 0.438. The Morgan fingerprint density at radius 3 is 1.55 bits per heavy atom. The monoisotopic (exact) mass is 1730 g/mol. The molecule has 6 aromatic carbocycles. The summed E-state index contributed by atoms with van der Waals surface area (Å²) in [7, 11) is -5.51. The van der Waals surface area contributed by atoms with E-state index in [4.69, 9.17) is 47.4 Å². The van der Waals surface area contributed by atoms with Crippen molar-refractivity contribution in [3.63, 3.8) is 0 Å². The van der Waals surface area contributed by atoms with E-state index >= 15 is 0 Å². The summed E-state index contributed by atoms with van der Waals surface area (Å²) in [4.78, 5) is 40.6. The number of piperidine rings is 2. The van der Waals surface area contributed by atoms with Gasteiger partial charge in [0.2, 0.25) is 11.9 Å². The number of benzene rings is 6. The SMILES string of the molecule is CC(C)Oc1cc(N2CCC(N3CCCC3)CC2)ccc1Nc1ncc(Cl)c(Nc2ccccc2P(C)(C)=O)n1.CCCP(=O)(CCC)c1ccc(Nc2ncc(Cl)c(Nc3ccccc3S(=O)(=O)C(C)C)n2)c(OC)c1.COc1cc(N2CCC(N3CCN(C)CC3)CC2)ccc1Cc1nc2c(c(Nc3ccccc3P(C)(C)=O)n1)C=CC2. The molecule has 119 heavy (non-hydrogen) atoms. The van der Waals surface area contributed by atoms with Crippen molar-refractivity contribution in [2.24, 2.45) is 0 Å². The van der Waals surface area contributed by atoms with Crippen molar-refractivity contribution in [1.29, 1.82) is 0 Å². The summed E-state index contributed by atoms with van der Waals surface area (Å²) in [6.45, 7) is 30.0. The molecule has 1 aliphatic carbocycles. The maximum Gasteiger partial charge on any atom is 0.229 e. The first kappa shape index (κ1) is 89.7. The number of piperazine rings is 1. The number of aromatic nitrogens is 6. The number of fused-ring (bicyclic) bond motifs is 1. The van der Waals surface area contributed by atoms with Gasteiger partial charge in [-0.3, -0.25) is 4.90 Å². The average Bonchev–Trinajstić information content (AvgIpc) is 1.73. The van der Waals surface area contributed by atoms with Crippen LogP contribution in [0.3, 0.4) is 0 Å². The molecule has 0 radical (unpaired) electrons. The molecule has 14 rings (SSSR count). The number of likely N-dealkylation sites (N-methyl/N-ethyl adjacent to an activating group) is 1. The van der Waals surface area contributed by atoms with Gasteiger partial charge < -0.3 is 74.1 Å². The van der Waals surface area contributed by atoms with Crippen LogP contribution in [0.5, 0.6) is 17.2 Å². The molecule has 0 unspecified atom stereocenters. The molecule has 3 aromatic heterocycles. The fourth-order valence-electron chi connectivity index (χ4n) is 16.0. The van der Waals surface area contributed by atoms with Crippen LogP contribution in [0.2, 0.25) is 10.0 Å². The third-order valence-electron chi connectivity index (χ3n) is 22.3. The van der Waals surface area contributed by atoms with Crippen LogP contribution in [-0.4, -0.2) is 202 Å². The Labute approximate surface area is 713 Å². The fourth-order valence-corrected chi connectivity index (χ4v) is 22.7. The van der Waals surface area contributed by atoms with E-state index in [1.165, 1.54) is 95.4 Å². The van der Waals surface area contributed by atoms with E-state index in [9.17, 15) is 22.1 Å². The van der Waals surface area contributed by atoms with Gasteiger partial charge in [0.05, 0.1) is 77.0 Å². The zero-order chi connectivity index (χ0) is 84.8. The molecule has 9 aromatic rings. The second kappa shape index (κ2) is 40.4. The Hall–Kier alpha value is -8.60. The normalized spacial score (nSPS) is 15.9. The molecule has 30 heteroatoms. The number of halogens is 2. The lowest BCUT2D eigenvalue weighted by molar-refractivity contribution is 0.0982. The zero-order valence-corrected chi connectivity index (χ0v) is 76.0. The third-order valence-corrected chi connectivity index (χ3v) is 31.8. The van der Waals surface area contributed by atoms with E-state index in [0.717, 1.165) is 113 Å². The van der Waals surface area contributed by atoms with Crippen LogP contribution >= 0.6 is 44.6 Å². The van der Waals surface area contributed by atoms with Gasteiger partial charge in [0.25, 0.3) is 0 Å². The van der Waals surface area contributed by atoms with E-state index in [1.54, 1.807) is 85.2 Å². The van der Waals surface area contributed by atoms with Crippen LogP contribution in [0.25, 0.3) is 6.08 Å². The van der Waals surface area contributed by atoms with Crippen LogP contribution in [0.4, 0.5) is 69.2 Å². The summed E-state index contributed by atoms with van der Waals surface area (Å²) in [5.74, 6) is 4.93. The molecule has 4 aliphatic heterocycles. The smallest absolute Gasteiger partial charge is 0.229 e. The molecule has 24 nitrogen and oxygen atoms in total. The second-order valence-electron chi connectivity index (χ2n) is 32.4. The molecule has 636 valence electrons. The van der Waals surface area contributed by atoms with E-state index in [2.05, 4.69) is 121 Å². The Morgan fingerprint density at radius 1 is 0.529 bits per heavy atom. The lowest BCUT2D eigenvalue weighted by atomic mass is 10.0. The molecule has 5 N–H and O–H groups in total. The standard InChI is InChI=1S/C33H43N6O2P.C30H40ClN6O2P.C26H34ClN4O4PS/c1-37-18-20-39(21-19-37)25-14-16-38(17-15-25)26-13-12-24(30(23-26)41-2)22-32-34-28-10-7-8-27(28)33(36-32)35-29-9-5-6-11-31(29)42(3,4)40;1-21(2)39-27-19-23(37-17-13-22(14-18-37)36-15-7-8-16-36)11-12-25(27)34-30-32-20-24(31)29(35-30)33-26-9-5-6-10-28(26)40(3,4)38;1-6-14-36(32,15-7-2)19-12-13-21(23(16-19)35-5)30-26-28-17-20(27)25(31-26)29-22-10-8-9-11-24(22)37(33,34)18(3)4/h5-9,11-13,23,25H,10,14-22H2,1-4H3,(H,34,35,36);5-6,9-12,19-22H,7-8,13-18H2,1-4H3,(H2,32,33,34,35);8-13,16-18H,6-7,14-15H2,1-5H3,(H2,28,29,30,31). The van der Waals surface area contributed by atoms with E-state index in [-0.39, 0.29) is 27.8 Å². The lowest BCUT2D eigenvalue weighted by Gasteiger charge is -2.42. The quantitative estimate of drug-likeness (QED) is 0.0273. The Balaban J connectivity index is 0.000000164. The van der Waals surface area contributed by atoms with Gasteiger partial charge in [-0.2, -0.15) is 9.97 Å². The summed E-state index contributed by atoms with van der Waals surface area (Å²) >= 11 is 12.8. The van der Waals surface area contributed by atoms with Crippen LogP contribution in [0.1, 0.15) is 116 Å². The highest BCUT2D eigenvalue weighted by Crippen LogP contribution is 2.48. The molecule has 0 atom stereocenters. The summed E-state index contributed by atoms with van der Waals surface area (Å²) < 4.78 is 82.8. The van der Waals surface area contributed by atoms with Crippen molar-refractivity contribution in [2.75, 3.05) is 162 Å². The van der Waals surface area contributed by atoms with Gasteiger partial charge in [0.1, 0.15) is 60.4 Å². The first-order chi connectivity index (χ1) is 57.0. The van der Waals surface area contributed by atoms with Crippen LogP contribution in [-0.2, 0) is 36.4 Å². The minimum absolute atomic E-state index is 0.00958. The third kappa shape index (κ3) is 23.0. The molecular formula is C89H117Cl2N16O8P3S. The van der Waals surface area contributed by atoms with Gasteiger partial charge in [0.15, 0.2) is 21.5 Å². The molecular weight excluding hydrogens is 1620 g/mol. The minimum Gasteiger partial charge on any atom is -0.496 e. The largest absolute Gasteiger partial charge is 0.496 e. The maximum absolute atomic E-state index is 13.6. The Bertz CT molecular complexity index is 5290. The molecule has 5 aliphatic rings. The molecule has 0 saturated carbocycles. The van der Waals surface area contributed by atoms with Gasteiger partial charge in [-0.15, -0.1) is 0 Å². The van der Waals surface area contributed by atoms with Crippen LogP contribution < -0.4 is 66.5 Å². The number of ether oxygens (including phenoxy) is 3. The zero-order valence-electron chi connectivity index (χ0n) is 71.0. The number of nitrogens with zero attached hydrogens (tertiary/aromatic N) is 11. The van der Waals surface area contributed by atoms with Crippen molar-refractivity contribution in [1.82, 2.24) is 44.6 Å². The molecule has 0 spiro atoms. The summed E-state index contributed by atoms with van der Waals surface area (Å²) in [6, 6.07) is 41.7. The Kier molecular flexibility index (Phi) is 30.4. The van der Waals surface area contributed by atoms with Crippen LogP contribution in [0.15, 0.2) is 151 Å². The number of rotatable bonds is 29. The number of para-hydroxylation sites is 3. The summed E-state index contributed by atoms with van der Waals surface area (Å²) in [5, 5.41) is 18.6. The first-order valence-electron chi connectivity index (χ1n) is 41.5. The predicted octanol–water partition coefficient (Wildman–Crippen LogP) is 18.2. The van der Waals surface area contributed by atoms with Gasteiger partial charge >= 0.3 is 0 Å². The van der Waals surface area contributed by atoms with Gasteiger partial charge in [-0.05, 0) is 199 Å². The highest BCUT2D eigenvalue weighted by molar-refractivity contribution is 7.92. The maximum atomic E-state index is 13.6. The number of nitrogens with one attached hydrogen (secondary N) is 5. The second-order valence-corrected chi connectivity index (χ2v) is 45.3.